The van der Waals surface area contributed by atoms with Gasteiger partial charge in [-0.25, -0.2) is 0 Å². The summed E-state index contributed by atoms with van der Waals surface area (Å²) in [5.41, 5.74) is 14.4. The van der Waals surface area contributed by atoms with Gasteiger partial charge in [0.05, 0.1) is 11.1 Å². The first-order valence-corrected chi connectivity index (χ1v) is 23.0. The molecule has 11 rings (SSSR count). The Morgan fingerprint density at radius 1 is 0.692 bits per heavy atom. The van der Waals surface area contributed by atoms with E-state index in [0.29, 0.717) is 24.7 Å². The van der Waals surface area contributed by atoms with Gasteiger partial charge in [-0.2, -0.15) is 0 Å². The summed E-state index contributed by atoms with van der Waals surface area (Å²) in [4.78, 5) is 2.49. The van der Waals surface area contributed by atoms with E-state index in [1.165, 1.54) is 38.7 Å². The van der Waals surface area contributed by atoms with Crippen molar-refractivity contribution < 1.29 is 4.74 Å². The SMILES string of the molecule is C#CC/C=C(\CC#CCC)c1ccc2c(c1)C1(c3cc(-c4ccccc4)ccc3O2)c2ccccc2-c2ccc(N(C3=CCC(C4C=CC=CC4)C=C3)c3cccc4ccccc34)cc21. The standard InChI is InChI=1S/C63H49NO/c1-3-5-9-20-45(19-6-4-2)49-33-39-61-58(41-49)63(59-42-50(34-40-62(59)65-61)46-23-12-8-13-24-46)56-29-17-16-28-54(56)55-38-37-52(43-57(55)63)64(60-30-18-26-48-25-14-15-27-53(48)60)51-35-31-47(32-36-51)44-21-10-7-11-22-44/h2,7-8,10-19,21,23-31,33-44,47H,3,6,20,22,32H2,1H3/b45-19+. The van der Waals surface area contributed by atoms with Crippen LogP contribution >= 0.6 is 0 Å². The summed E-state index contributed by atoms with van der Waals surface area (Å²) in [5, 5.41) is 2.42. The number of terminal acetylenes is 1. The van der Waals surface area contributed by atoms with Crippen molar-refractivity contribution in [3.63, 3.8) is 0 Å². The number of fused-ring (bicyclic) bond motifs is 10. The topological polar surface area (TPSA) is 12.5 Å². The summed E-state index contributed by atoms with van der Waals surface area (Å²) in [6.07, 6.45) is 28.3. The maximum absolute atomic E-state index is 7.03. The summed E-state index contributed by atoms with van der Waals surface area (Å²) < 4.78 is 7.03. The molecular formula is C63H49NO. The lowest BCUT2D eigenvalue weighted by Gasteiger charge is -2.40. The molecule has 0 N–H and O–H groups in total. The summed E-state index contributed by atoms with van der Waals surface area (Å²) in [5.74, 6) is 12.2. The van der Waals surface area contributed by atoms with Gasteiger partial charge in [-0.05, 0) is 123 Å². The van der Waals surface area contributed by atoms with Gasteiger partial charge < -0.3 is 9.64 Å². The van der Waals surface area contributed by atoms with Crippen LogP contribution in [0.15, 0.2) is 206 Å². The van der Waals surface area contributed by atoms with Gasteiger partial charge in [-0.15, -0.1) is 18.3 Å². The molecule has 65 heavy (non-hydrogen) atoms. The average Bonchev–Trinajstić information content (AvgIpc) is 3.65. The maximum atomic E-state index is 7.03. The number of hydrogen-bond acceptors (Lipinski definition) is 2. The van der Waals surface area contributed by atoms with Gasteiger partial charge in [-0.1, -0.05) is 165 Å². The third kappa shape index (κ3) is 6.95. The second-order valence-electron chi connectivity index (χ2n) is 17.4. The van der Waals surface area contributed by atoms with E-state index in [-0.39, 0.29) is 0 Å². The molecule has 1 spiro atoms. The van der Waals surface area contributed by atoms with Crippen LogP contribution in [0.5, 0.6) is 11.5 Å². The van der Waals surface area contributed by atoms with Crippen LogP contribution in [0.3, 0.4) is 0 Å². The van der Waals surface area contributed by atoms with Crippen molar-refractivity contribution in [3.05, 3.63) is 234 Å². The Kier molecular flexibility index (Phi) is 10.5. The molecule has 3 unspecified atom stereocenters. The minimum absolute atomic E-state index is 0.447. The van der Waals surface area contributed by atoms with E-state index in [1.54, 1.807) is 0 Å². The van der Waals surface area contributed by atoms with Gasteiger partial charge in [0.15, 0.2) is 0 Å². The second kappa shape index (κ2) is 17.1. The maximum Gasteiger partial charge on any atom is 0.132 e. The van der Waals surface area contributed by atoms with E-state index < -0.39 is 5.41 Å². The molecule has 0 fully saturated rings. The zero-order valence-corrected chi connectivity index (χ0v) is 36.7. The molecule has 2 heteroatoms. The van der Waals surface area contributed by atoms with Crippen molar-refractivity contribution >= 4 is 27.7 Å². The minimum Gasteiger partial charge on any atom is -0.457 e. The number of nitrogens with zero attached hydrogens (tertiary/aromatic N) is 1. The van der Waals surface area contributed by atoms with Crippen molar-refractivity contribution in [1.29, 1.82) is 0 Å². The number of allylic oxidation sites excluding steroid dienone is 9. The zero-order valence-electron chi connectivity index (χ0n) is 36.7. The molecule has 0 amide bonds. The lowest BCUT2D eigenvalue weighted by molar-refractivity contribution is 0.436. The Morgan fingerprint density at radius 2 is 1.48 bits per heavy atom. The molecule has 0 aromatic heterocycles. The van der Waals surface area contributed by atoms with Crippen LogP contribution in [0.2, 0.25) is 0 Å². The number of anilines is 2. The van der Waals surface area contributed by atoms with E-state index in [2.05, 4.69) is 230 Å². The minimum atomic E-state index is -0.731. The number of benzene rings is 7. The highest BCUT2D eigenvalue weighted by Gasteiger charge is 2.51. The number of hydrogen-bond donors (Lipinski definition) is 0. The highest BCUT2D eigenvalue weighted by molar-refractivity contribution is 5.98. The molecule has 7 aromatic rings. The lowest BCUT2D eigenvalue weighted by atomic mass is 9.65. The summed E-state index contributed by atoms with van der Waals surface area (Å²) in [7, 11) is 0. The van der Waals surface area contributed by atoms with Crippen LogP contribution in [0.25, 0.3) is 38.6 Å². The van der Waals surface area contributed by atoms with E-state index in [1.807, 2.05) is 0 Å². The van der Waals surface area contributed by atoms with E-state index in [9.17, 15) is 0 Å². The molecule has 3 atom stereocenters. The highest BCUT2D eigenvalue weighted by Crippen LogP contribution is 2.63. The first-order valence-electron chi connectivity index (χ1n) is 23.0. The Morgan fingerprint density at radius 3 is 2.31 bits per heavy atom. The predicted molar refractivity (Wildman–Crippen MR) is 271 cm³/mol. The smallest absolute Gasteiger partial charge is 0.132 e. The van der Waals surface area contributed by atoms with Crippen molar-refractivity contribution in [1.82, 2.24) is 0 Å². The number of rotatable bonds is 8. The molecule has 1 heterocycles. The molecule has 4 aliphatic rings. The normalized spacial score (nSPS) is 18.6. The van der Waals surface area contributed by atoms with Crippen LogP contribution < -0.4 is 9.64 Å². The summed E-state index contributed by atoms with van der Waals surface area (Å²) in [6, 6.07) is 55.8. The predicted octanol–water partition coefficient (Wildman–Crippen LogP) is 15.9. The Labute approximate surface area is 383 Å². The van der Waals surface area contributed by atoms with Crippen LogP contribution in [0.1, 0.15) is 66.8 Å². The lowest BCUT2D eigenvalue weighted by Crippen LogP contribution is -2.32. The van der Waals surface area contributed by atoms with Gasteiger partial charge in [0.25, 0.3) is 0 Å². The van der Waals surface area contributed by atoms with Crippen molar-refractivity contribution in [2.24, 2.45) is 11.8 Å². The first-order chi connectivity index (χ1) is 32.1. The van der Waals surface area contributed by atoms with Crippen LogP contribution in [-0.2, 0) is 5.41 Å². The van der Waals surface area contributed by atoms with Crippen LogP contribution in [0, 0.1) is 36.0 Å². The second-order valence-corrected chi connectivity index (χ2v) is 17.4. The fourth-order valence-corrected chi connectivity index (χ4v) is 10.7. The number of ether oxygens (including phenoxy) is 1. The van der Waals surface area contributed by atoms with E-state index in [4.69, 9.17) is 11.2 Å². The molecule has 312 valence electrons. The molecule has 7 aromatic carbocycles. The fourth-order valence-electron chi connectivity index (χ4n) is 10.7. The third-order valence-corrected chi connectivity index (χ3v) is 13.7. The van der Waals surface area contributed by atoms with Gasteiger partial charge in [-0.3, -0.25) is 0 Å². The van der Waals surface area contributed by atoms with Gasteiger partial charge >= 0.3 is 0 Å². The monoisotopic (exact) mass is 835 g/mol. The Hall–Kier alpha value is -7.78. The highest BCUT2D eigenvalue weighted by atomic mass is 16.5. The molecule has 0 bridgehead atoms. The zero-order chi connectivity index (χ0) is 43.7. The van der Waals surface area contributed by atoms with E-state index >= 15 is 0 Å². The Balaban J connectivity index is 1.17. The molecular weight excluding hydrogens is 787 g/mol. The van der Waals surface area contributed by atoms with Crippen molar-refractivity contribution in [2.45, 2.75) is 44.4 Å². The molecule has 3 aliphatic carbocycles. The average molecular weight is 836 g/mol. The van der Waals surface area contributed by atoms with Gasteiger partial charge in [0.2, 0.25) is 0 Å². The molecule has 1 aliphatic heterocycles. The summed E-state index contributed by atoms with van der Waals surface area (Å²) >= 11 is 0. The van der Waals surface area contributed by atoms with E-state index in [0.717, 1.165) is 75.5 Å². The third-order valence-electron chi connectivity index (χ3n) is 13.7. The molecule has 0 saturated carbocycles. The Bertz CT molecular complexity index is 3260. The van der Waals surface area contributed by atoms with Crippen LogP contribution in [0.4, 0.5) is 11.4 Å². The molecule has 0 saturated heterocycles. The van der Waals surface area contributed by atoms with Gasteiger partial charge in [0.1, 0.15) is 11.5 Å². The first kappa shape index (κ1) is 40.0. The van der Waals surface area contributed by atoms with Gasteiger partial charge in [0, 0.05) is 47.2 Å². The molecule has 2 nitrogen and oxygen atoms in total. The quantitative estimate of drug-likeness (QED) is 0.141. The van der Waals surface area contributed by atoms with Crippen LogP contribution in [-0.4, -0.2) is 0 Å². The summed E-state index contributed by atoms with van der Waals surface area (Å²) in [6.45, 7) is 2.09. The largest absolute Gasteiger partial charge is 0.457 e. The fraction of sp³-hybridized carbons (Fsp3) is 0.143. The van der Waals surface area contributed by atoms with Crippen molar-refractivity contribution in [2.75, 3.05) is 4.90 Å². The molecule has 0 radical (unpaired) electrons. The van der Waals surface area contributed by atoms with Crippen molar-refractivity contribution in [3.8, 4) is 57.9 Å².